The van der Waals surface area contributed by atoms with Crippen LogP contribution in [0.5, 0.6) is 0 Å². The number of carbonyl (C=O) groups is 2. The van der Waals surface area contributed by atoms with Crippen molar-refractivity contribution in [1.82, 2.24) is 20.4 Å². The molecule has 0 bridgehead atoms. The van der Waals surface area contributed by atoms with Crippen molar-refractivity contribution in [3.05, 3.63) is 18.0 Å². The number of urea groups is 1. The molecule has 7 heteroatoms. The van der Waals surface area contributed by atoms with E-state index in [2.05, 4.69) is 15.7 Å². The topological polar surface area (TPSA) is 96.3 Å². The minimum Gasteiger partial charge on any atom is -0.481 e. The highest BCUT2D eigenvalue weighted by Gasteiger charge is 2.10. The van der Waals surface area contributed by atoms with Crippen molar-refractivity contribution in [2.75, 3.05) is 13.1 Å². The summed E-state index contributed by atoms with van der Waals surface area (Å²) in [6, 6.07) is 1.68. The van der Waals surface area contributed by atoms with Crippen molar-refractivity contribution in [2.45, 2.75) is 26.2 Å². The van der Waals surface area contributed by atoms with Gasteiger partial charge in [-0.25, -0.2) is 4.79 Å². The predicted molar refractivity (Wildman–Crippen MR) is 74.3 cm³/mol. The summed E-state index contributed by atoms with van der Waals surface area (Å²) in [5.74, 6) is -1.17. The standard InChI is InChI=1S/C13H22N4O3/c1-10(12(18)19)4-3-7-14-13(20)15-8-5-11-6-9-16-17(11)2/h6,9-10H,3-5,7-8H2,1-2H3,(H,18,19)(H2,14,15,20). The SMILES string of the molecule is CC(CCCNC(=O)NCCc1ccnn1C)C(=O)O. The molecule has 0 fully saturated rings. The van der Waals surface area contributed by atoms with Gasteiger partial charge >= 0.3 is 12.0 Å². The molecule has 0 saturated heterocycles. The van der Waals surface area contributed by atoms with Gasteiger partial charge in [0, 0.05) is 38.4 Å². The lowest BCUT2D eigenvalue weighted by molar-refractivity contribution is -0.141. The van der Waals surface area contributed by atoms with Gasteiger partial charge in [0.2, 0.25) is 0 Å². The minimum atomic E-state index is -0.800. The summed E-state index contributed by atoms with van der Waals surface area (Å²) in [7, 11) is 1.86. The summed E-state index contributed by atoms with van der Waals surface area (Å²) in [6.07, 6.45) is 3.66. The lowest BCUT2D eigenvalue weighted by Crippen LogP contribution is -2.37. The Labute approximate surface area is 118 Å². The van der Waals surface area contributed by atoms with Crippen molar-refractivity contribution in [1.29, 1.82) is 0 Å². The van der Waals surface area contributed by atoms with Crippen LogP contribution in [-0.4, -0.2) is 40.0 Å². The second-order valence-corrected chi connectivity index (χ2v) is 4.76. The van der Waals surface area contributed by atoms with Gasteiger partial charge in [0.15, 0.2) is 0 Å². The maximum Gasteiger partial charge on any atom is 0.314 e. The maximum atomic E-state index is 11.5. The molecule has 1 atom stereocenters. The first kappa shape index (κ1) is 16.0. The third-order valence-corrected chi connectivity index (χ3v) is 3.11. The minimum absolute atomic E-state index is 0.227. The summed E-state index contributed by atoms with van der Waals surface area (Å²) in [5, 5.41) is 18.2. The lowest BCUT2D eigenvalue weighted by atomic mass is 10.1. The zero-order chi connectivity index (χ0) is 15.0. The Balaban J connectivity index is 2.06. The van der Waals surface area contributed by atoms with Crippen LogP contribution >= 0.6 is 0 Å². The van der Waals surface area contributed by atoms with E-state index in [1.165, 1.54) is 0 Å². The van der Waals surface area contributed by atoms with Gasteiger partial charge in [0.1, 0.15) is 0 Å². The fraction of sp³-hybridized carbons (Fsp3) is 0.615. The van der Waals surface area contributed by atoms with Crippen molar-refractivity contribution < 1.29 is 14.7 Å². The third-order valence-electron chi connectivity index (χ3n) is 3.11. The number of hydrogen-bond acceptors (Lipinski definition) is 3. The average Bonchev–Trinajstić information content (AvgIpc) is 2.80. The van der Waals surface area contributed by atoms with Crippen LogP contribution in [0.25, 0.3) is 0 Å². The fourth-order valence-corrected chi connectivity index (χ4v) is 1.75. The predicted octanol–water partition coefficient (Wildman–Crippen LogP) is 0.763. The number of aryl methyl sites for hydroxylation is 1. The molecule has 0 aliphatic carbocycles. The highest BCUT2D eigenvalue weighted by molar-refractivity contribution is 5.73. The number of hydrogen-bond donors (Lipinski definition) is 3. The van der Waals surface area contributed by atoms with E-state index < -0.39 is 5.97 Å². The van der Waals surface area contributed by atoms with E-state index in [1.807, 2.05) is 13.1 Å². The van der Waals surface area contributed by atoms with Gasteiger partial charge in [-0.15, -0.1) is 0 Å². The molecule has 1 unspecified atom stereocenters. The zero-order valence-corrected chi connectivity index (χ0v) is 11.9. The van der Waals surface area contributed by atoms with Gasteiger partial charge in [-0.3, -0.25) is 9.48 Å². The molecule has 2 amide bonds. The van der Waals surface area contributed by atoms with Crippen LogP contribution in [0.4, 0.5) is 4.79 Å². The van der Waals surface area contributed by atoms with E-state index in [0.717, 1.165) is 12.1 Å². The number of carboxylic acids is 1. The highest BCUT2D eigenvalue weighted by atomic mass is 16.4. The number of aromatic nitrogens is 2. The molecule has 1 rings (SSSR count). The normalized spacial score (nSPS) is 11.9. The number of nitrogens with zero attached hydrogens (tertiary/aromatic N) is 2. The molecular weight excluding hydrogens is 260 g/mol. The van der Waals surface area contributed by atoms with E-state index in [0.29, 0.717) is 25.9 Å². The summed E-state index contributed by atoms with van der Waals surface area (Å²) < 4.78 is 1.77. The molecule has 0 aliphatic rings. The number of aliphatic carboxylic acids is 1. The molecule has 0 saturated carbocycles. The molecule has 0 radical (unpaired) electrons. The second kappa shape index (κ2) is 8.19. The van der Waals surface area contributed by atoms with Crippen LogP contribution in [0, 0.1) is 5.92 Å². The summed E-state index contributed by atoms with van der Waals surface area (Å²) >= 11 is 0. The molecule has 1 heterocycles. The summed E-state index contributed by atoms with van der Waals surface area (Å²) in [5.41, 5.74) is 1.06. The average molecular weight is 282 g/mol. The Hall–Kier alpha value is -2.05. The van der Waals surface area contributed by atoms with Crippen LogP contribution in [0.1, 0.15) is 25.5 Å². The van der Waals surface area contributed by atoms with E-state index in [4.69, 9.17) is 5.11 Å². The Morgan fingerprint density at radius 3 is 2.70 bits per heavy atom. The van der Waals surface area contributed by atoms with Gasteiger partial charge in [0.25, 0.3) is 0 Å². The molecule has 1 aromatic rings. The lowest BCUT2D eigenvalue weighted by Gasteiger charge is -2.09. The van der Waals surface area contributed by atoms with Crippen molar-refractivity contribution in [3.8, 4) is 0 Å². The van der Waals surface area contributed by atoms with Crippen LogP contribution in [0.15, 0.2) is 12.3 Å². The molecule has 20 heavy (non-hydrogen) atoms. The molecule has 112 valence electrons. The summed E-state index contributed by atoms with van der Waals surface area (Å²) in [6.45, 7) is 2.68. The van der Waals surface area contributed by atoms with E-state index in [-0.39, 0.29) is 11.9 Å². The smallest absolute Gasteiger partial charge is 0.314 e. The third kappa shape index (κ3) is 5.73. The van der Waals surface area contributed by atoms with Gasteiger partial charge < -0.3 is 15.7 Å². The van der Waals surface area contributed by atoms with Crippen LogP contribution < -0.4 is 10.6 Å². The van der Waals surface area contributed by atoms with Gasteiger partial charge in [-0.2, -0.15) is 5.10 Å². The number of nitrogens with one attached hydrogen (secondary N) is 2. The molecule has 3 N–H and O–H groups in total. The van der Waals surface area contributed by atoms with Crippen LogP contribution in [0.2, 0.25) is 0 Å². The monoisotopic (exact) mass is 282 g/mol. The second-order valence-electron chi connectivity index (χ2n) is 4.76. The highest BCUT2D eigenvalue weighted by Crippen LogP contribution is 2.04. The molecule has 0 aliphatic heterocycles. The Morgan fingerprint density at radius 1 is 1.40 bits per heavy atom. The summed E-state index contributed by atoms with van der Waals surface area (Å²) in [4.78, 5) is 22.1. The van der Waals surface area contributed by atoms with E-state index in [9.17, 15) is 9.59 Å². The number of rotatable bonds is 8. The van der Waals surface area contributed by atoms with Gasteiger partial charge in [-0.05, 0) is 18.9 Å². The number of amides is 2. The Morgan fingerprint density at radius 2 is 2.10 bits per heavy atom. The van der Waals surface area contributed by atoms with Crippen molar-refractivity contribution >= 4 is 12.0 Å². The first-order valence-electron chi connectivity index (χ1n) is 6.72. The fourth-order valence-electron chi connectivity index (χ4n) is 1.75. The van der Waals surface area contributed by atoms with Crippen molar-refractivity contribution in [3.63, 3.8) is 0 Å². The van der Waals surface area contributed by atoms with Gasteiger partial charge in [-0.1, -0.05) is 6.92 Å². The Bertz CT molecular complexity index is 445. The largest absolute Gasteiger partial charge is 0.481 e. The number of carbonyl (C=O) groups excluding carboxylic acids is 1. The maximum absolute atomic E-state index is 11.5. The van der Waals surface area contributed by atoms with Gasteiger partial charge in [0.05, 0.1) is 5.92 Å². The molecular formula is C13H22N4O3. The van der Waals surface area contributed by atoms with E-state index >= 15 is 0 Å². The first-order chi connectivity index (χ1) is 9.50. The zero-order valence-electron chi connectivity index (χ0n) is 11.9. The van der Waals surface area contributed by atoms with Crippen molar-refractivity contribution in [2.24, 2.45) is 13.0 Å². The quantitative estimate of drug-likeness (QED) is 0.613. The molecule has 0 spiro atoms. The van der Waals surface area contributed by atoms with E-state index in [1.54, 1.807) is 17.8 Å². The molecule has 7 nitrogen and oxygen atoms in total. The first-order valence-corrected chi connectivity index (χ1v) is 6.72. The Kier molecular flexibility index (Phi) is 6.55. The molecule has 0 aromatic carbocycles. The molecule has 1 aromatic heterocycles. The van der Waals surface area contributed by atoms with Crippen LogP contribution in [0.3, 0.4) is 0 Å². The van der Waals surface area contributed by atoms with Crippen LogP contribution in [-0.2, 0) is 18.3 Å². The number of carboxylic acid groups (broad SMARTS) is 1.